The number of fused-ring (bicyclic) bond motifs is 1. The highest BCUT2D eigenvalue weighted by Crippen LogP contribution is 2.10. The van der Waals surface area contributed by atoms with E-state index in [-0.39, 0.29) is 11.2 Å². The summed E-state index contributed by atoms with van der Waals surface area (Å²) in [6.07, 6.45) is 3.19. The number of aryl methyl sites for hydroxylation is 1. The molecule has 0 saturated heterocycles. The summed E-state index contributed by atoms with van der Waals surface area (Å²) in [5.74, 6) is 0.204. The Balaban J connectivity index is 2.32. The van der Waals surface area contributed by atoms with Gasteiger partial charge in [-0.15, -0.1) is 0 Å². The number of para-hydroxylation sites is 1. The van der Waals surface area contributed by atoms with Crippen LogP contribution in [0.1, 0.15) is 19.8 Å². The molecule has 3 heteroatoms. The van der Waals surface area contributed by atoms with Gasteiger partial charge in [0.15, 0.2) is 5.43 Å². The lowest BCUT2D eigenvalue weighted by Gasteiger charge is -2.09. The molecule has 0 fully saturated rings. The highest BCUT2D eigenvalue weighted by atomic mass is 16.1. The fourth-order valence-electron chi connectivity index (χ4n) is 1.95. The number of hydrogen-bond acceptors (Lipinski definition) is 2. The van der Waals surface area contributed by atoms with Gasteiger partial charge >= 0.3 is 0 Å². The largest absolute Gasteiger partial charge is 0.347 e. The molecule has 2 rings (SSSR count). The minimum Gasteiger partial charge on any atom is -0.347 e. The first-order chi connectivity index (χ1) is 8.18. The van der Waals surface area contributed by atoms with Crippen molar-refractivity contribution in [2.45, 2.75) is 26.3 Å². The summed E-state index contributed by atoms with van der Waals surface area (Å²) in [6.45, 7) is 2.36. The van der Waals surface area contributed by atoms with E-state index in [1.807, 2.05) is 28.8 Å². The van der Waals surface area contributed by atoms with Crippen molar-refractivity contribution in [2.24, 2.45) is 0 Å². The first-order valence-electron chi connectivity index (χ1n) is 5.76. The molecule has 0 aliphatic carbocycles. The van der Waals surface area contributed by atoms with Crippen molar-refractivity contribution in [3.63, 3.8) is 0 Å². The molecule has 3 nitrogen and oxygen atoms in total. The van der Waals surface area contributed by atoms with E-state index >= 15 is 0 Å². The van der Waals surface area contributed by atoms with Gasteiger partial charge in [0.25, 0.3) is 0 Å². The van der Waals surface area contributed by atoms with Crippen molar-refractivity contribution < 1.29 is 4.79 Å². The van der Waals surface area contributed by atoms with Gasteiger partial charge in [0.2, 0.25) is 0 Å². The first-order valence-corrected chi connectivity index (χ1v) is 5.76. The summed E-state index contributed by atoms with van der Waals surface area (Å²) in [5, 5.41) is 0.734. The van der Waals surface area contributed by atoms with Crippen molar-refractivity contribution >= 4 is 16.7 Å². The van der Waals surface area contributed by atoms with E-state index in [4.69, 9.17) is 0 Å². The third-order valence-corrected chi connectivity index (χ3v) is 2.81. The molecule has 1 aromatic heterocycles. The van der Waals surface area contributed by atoms with E-state index < -0.39 is 0 Å². The van der Waals surface area contributed by atoms with Gasteiger partial charge in [-0.3, -0.25) is 4.79 Å². The fourth-order valence-corrected chi connectivity index (χ4v) is 1.95. The van der Waals surface area contributed by atoms with Gasteiger partial charge in [-0.2, -0.15) is 0 Å². The van der Waals surface area contributed by atoms with Gasteiger partial charge in [-0.1, -0.05) is 12.1 Å². The Morgan fingerprint density at radius 2 is 2.00 bits per heavy atom. The first kappa shape index (κ1) is 11.6. The minimum atomic E-state index is 0.0448. The number of carbonyl (C=O) groups is 1. The summed E-state index contributed by atoms with van der Waals surface area (Å²) in [5.41, 5.74) is 0.979. The van der Waals surface area contributed by atoms with Crippen LogP contribution in [0.3, 0.4) is 0 Å². The zero-order chi connectivity index (χ0) is 12.3. The van der Waals surface area contributed by atoms with E-state index in [0.717, 1.165) is 23.9 Å². The van der Waals surface area contributed by atoms with Gasteiger partial charge in [0, 0.05) is 30.6 Å². The Labute approximate surface area is 99.7 Å². The van der Waals surface area contributed by atoms with E-state index in [1.54, 1.807) is 19.2 Å². The average Bonchev–Trinajstić information content (AvgIpc) is 2.32. The molecule has 17 heavy (non-hydrogen) atoms. The third-order valence-electron chi connectivity index (χ3n) is 2.81. The van der Waals surface area contributed by atoms with E-state index in [9.17, 15) is 9.59 Å². The molecule has 0 unspecified atom stereocenters. The van der Waals surface area contributed by atoms with Crippen LogP contribution in [0.15, 0.2) is 41.3 Å². The molecule has 0 aliphatic rings. The van der Waals surface area contributed by atoms with Gasteiger partial charge in [0.05, 0.1) is 5.52 Å². The van der Waals surface area contributed by atoms with Crippen LogP contribution in [0.2, 0.25) is 0 Å². The topological polar surface area (TPSA) is 39.1 Å². The maximum atomic E-state index is 11.6. The van der Waals surface area contributed by atoms with Crippen LogP contribution in [-0.4, -0.2) is 10.4 Å². The summed E-state index contributed by atoms with van der Waals surface area (Å²) in [4.78, 5) is 22.5. The lowest BCUT2D eigenvalue weighted by Crippen LogP contribution is -2.08. The normalized spacial score (nSPS) is 10.6. The number of benzene rings is 1. The quantitative estimate of drug-likeness (QED) is 0.807. The summed E-state index contributed by atoms with van der Waals surface area (Å²) < 4.78 is 2.03. The third kappa shape index (κ3) is 2.61. The molecule has 0 N–H and O–H groups in total. The Hall–Kier alpha value is -1.90. The standard InChI is InChI=1S/C14H15NO2/c1-11(16)5-4-9-15-10-8-14(17)12-6-2-3-7-13(12)15/h2-3,6-8,10H,4-5,9H2,1H3. The lowest BCUT2D eigenvalue weighted by molar-refractivity contribution is -0.117. The number of pyridine rings is 1. The molecule has 0 atom stereocenters. The second-order valence-electron chi connectivity index (χ2n) is 4.20. The van der Waals surface area contributed by atoms with Crippen LogP contribution >= 0.6 is 0 Å². The second-order valence-corrected chi connectivity index (χ2v) is 4.20. The number of carbonyl (C=O) groups excluding carboxylic acids is 1. The van der Waals surface area contributed by atoms with E-state index in [2.05, 4.69) is 0 Å². The molecule has 0 amide bonds. The molecule has 1 heterocycles. The fraction of sp³-hybridized carbons (Fsp3) is 0.286. The lowest BCUT2D eigenvalue weighted by atomic mass is 10.2. The SMILES string of the molecule is CC(=O)CCCn1ccc(=O)c2ccccc21. The number of Topliss-reactive ketones (excluding diaryl/α,β-unsaturated/α-hetero) is 1. The predicted octanol–water partition coefficient (Wildman–Crippen LogP) is 2.37. The zero-order valence-electron chi connectivity index (χ0n) is 9.85. The molecule has 0 saturated carbocycles. The molecule has 2 aromatic rings. The molecule has 1 aromatic carbocycles. The Bertz CT molecular complexity index is 598. The average molecular weight is 229 g/mol. The van der Waals surface area contributed by atoms with Crippen molar-refractivity contribution in [3.05, 3.63) is 46.8 Å². The van der Waals surface area contributed by atoms with Crippen LogP contribution in [0.4, 0.5) is 0 Å². The number of ketones is 1. The van der Waals surface area contributed by atoms with Gasteiger partial charge in [-0.25, -0.2) is 0 Å². The minimum absolute atomic E-state index is 0.0448. The highest BCUT2D eigenvalue weighted by Gasteiger charge is 2.02. The van der Waals surface area contributed by atoms with Crippen molar-refractivity contribution in [1.82, 2.24) is 4.57 Å². The molecule has 0 radical (unpaired) electrons. The maximum Gasteiger partial charge on any atom is 0.189 e. The predicted molar refractivity (Wildman–Crippen MR) is 68.1 cm³/mol. The van der Waals surface area contributed by atoms with Crippen LogP contribution < -0.4 is 5.43 Å². The van der Waals surface area contributed by atoms with Crippen LogP contribution in [-0.2, 0) is 11.3 Å². The van der Waals surface area contributed by atoms with Crippen LogP contribution in [0, 0.1) is 0 Å². The molecule has 88 valence electrons. The zero-order valence-corrected chi connectivity index (χ0v) is 9.85. The summed E-state index contributed by atoms with van der Waals surface area (Å²) >= 11 is 0. The van der Waals surface area contributed by atoms with E-state index in [1.165, 1.54) is 0 Å². The molecular weight excluding hydrogens is 214 g/mol. The Morgan fingerprint density at radius 3 is 2.76 bits per heavy atom. The second kappa shape index (κ2) is 4.95. The summed E-state index contributed by atoms with van der Waals surface area (Å²) in [6, 6.07) is 9.13. The summed E-state index contributed by atoms with van der Waals surface area (Å²) in [7, 11) is 0. The van der Waals surface area contributed by atoms with Crippen molar-refractivity contribution in [3.8, 4) is 0 Å². The molecule has 0 bridgehead atoms. The van der Waals surface area contributed by atoms with Crippen molar-refractivity contribution in [2.75, 3.05) is 0 Å². The Kier molecular flexibility index (Phi) is 3.38. The van der Waals surface area contributed by atoms with Gasteiger partial charge in [-0.05, 0) is 25.5 Å². The van der Waals surface area contributed by atoms with Gasteiger partial charge < -0.3 is 9.36 Å². The Morgan fingerprint density at radius 1 is 1.24 bits per heavy atom. The van der Waals surface area contributed by atoms with Crippen LogP contribution in [0.5, 0.6) is 0 Å². The maximum absolute atomic E-state index is 11.6. The number of hydrogen-bond donors (Lipinski definition) is 0. The molecule has 0 aliphatic heterocycles. The van der Waals surface area contributed by atoms with Crippen LogP contribution in [0.25, 0.3) is 10.9 Å². The number of nitrogens with zero attached hydrogens (tertiary/aromatic N) is 1. The molecular formula is C14H15NO2. The van der Waals surface area contributed by atoms with Crippen molar-refractivity contribution in [1.29, 1.82) is 0 Å². The smallest absolute Gasteiger partial charge is 0.189 e. The number of aromatic nitrogens is 1. The number of rotatable bonds is 4. The van der Waals surface area contributed by atoms with Gasteiger partial charge in [0.1, 0.15) is 5.78 Å². The van der Waals surface area contributed by atoms with E-state index in [0.29, 0.717) is 6.42 Å². The monoisotopic (exact) mass is 229 g/mol. The molecule has 0 spiro atoms. The highest BCUT2D eigenvalue weighted by molar-refractivity contribution is 5.78.